The minimum atomic E-state index is -3.93. The second-order valence-corrected chi connectivity index (χ2v) is 13.5. The molecule has 0 aliphatic carbocycles. The smallest absolute Gasteiger partial charge is 0.338 e. The van der Waals surface area contributed by atoms with Gasteiger partial charge < -0.3 is 14.4 Å². The van der Waals surface area contributed by atoms with Gasteiger partial charge >= 0.3 is 5.97 Å². The van der Waals surface area contributed by atoms with Crippen LogP contribution in [0.2, 0.25) is 0 Å². The van der Waals surface area contributed by atoms with Crippen molar-refractivity contribution in [3.8, 4) is 0 Å². The van der Waals surface area contributed by atoms with Gasteiger partial charge in [0.2, 0.25) is 0 Å². The van der Waals surface area contributed by atoms with E-state index in [1.165, 1.54) is 24.7 Å². The van der Waals surface area contributed by atoms with Crippen LogP contribution in [0.3, 0.4) is 0 Å². The lowest BCUT2D eigenvalue weighted by molar-refractivity contribution is -0.161. The molecule has 1 aliphatic rings. The number of sulfonamides is 1. The number of rotatable bonds is 10. The molecule has 0 spiro atoms. The molecule has 2 aromatic carbocycles. The van der Waals surface area contributed by atoms with Gasteiger partial charge in [-0.2, -0.15) is 8.42 Å². The Labute approximate surface area is 241 Å². The summed E-state index contributed by atoms with van der Waals surface area (Å²) >= 11 is 0. The van der Waals surface area contributed by atoms with E-state index in [-0.39, 0.29) is 28.6 Å². The lowest BCUT2D eigenvalue weighted by atomic mass is 9.70. The number of carbonyl (C=O) groups excluding carboxylic acids is 1. The molecule has 1 aromatic heterocycles. The molecule has 0 amide bonds. The average molecular weight is 584 g/mol. The fourth-order valence-corrected chi connectivity index (χ4v) is 6.62. The number of halogens is 1. The monoisotopic (exact) mass is 583 g/mol. The van der Waals surface area contributed by atoms with Crippen LogP contribution < -0.4 is 4.72 Å². The second kappa shape index (κ2) is 11.7. The Hall–Kier alpha value is -3.66. The van der Waals surface area contributed by atoms with Gasteiger partial charge in [-0.1, -0.05) is 58.4 Å². The molecule has 10 heteroatoms. The highest BCUT2D eigenvalue weighted by Crippen LogP contribution is 2.47. The van der Waals surface area contributed by atoms with Gasteiger partial charge in [0, 0.05) is 31.3 Å². The molecule has 2 atom stereocenters. The summed E-state index contributed by atoms with van der Waals surface area (Å²) in [6.45, 7) is 7.87. The maximum absolute atomic E-state index is 13.7. The third-order valence-corrected chi connectivity index (χ3v) is 8.67. The van der Waals surface area contributed by atoms with E-state index >= 15 is 0 Å². The molecule has 0 saturated heterocycles. The number of hydrogen-bond acceptors (Lipinski definition) is 6. The first-order valence-electron chi connectivity index (χ1n) is 13.7. The van der Waals surface area contributed by atoms with E-state index in [9.17, 15) is 22.7 Å². The molecule has 0 fully saturated rings. The van der Waals surface area contributed by atoms with E-state index in [0.717, 1.165) is 12.0 Å². The number of carbonyl (C=O) groups is 1. The van der Waals surface area contributed by atoms with Crippen molar-refractivity contribution in [2.75, 3.05) is 4.72 Å². The van der Waals surface area contributed by atoms with Crippen LogP contribution in [-0.2, 0) is 33.0 Å². The Morgan fingerprint density at radius 3 is 2.46 bits per heavy atom. The number of nitrogens with one attached hydrogen (secondary N) is 1. The zero-order chi connectivity index (χ0) is 30.0. The van der Waals surface area contributed by atoms with E-state index in [4.69, 9.17) is 4.74 Å². The van der Waals surface area contributed by atoms with Crippen molar-refractivity contribution in [3.05, 3.63) is 89.3 Å². The Bertz CT molecular complexity index is 1540. The highest BCUT2D eigenvalue weighted by molar-refractivity contribution is 7.92. The number of aliphatic hydroxyl groups excluding tert-OH is 1. The molecule has 0 saturated carbocycles. The van der Waals surface area contributed by atoms with Crippen LogP contribution in [0.1, 0.15) is 70.4 Å². The van der Waals surface area contributed by atoms with Crippen LogP contribution in [0.5, 0.6) is 0 Å². The molecule has 1 aliphatic heterocycles. The Morgan fingerprint density at radius 1 is 1.17 bits per heavy atom. The number of nitrogens with zero attached hydrogens (tertiary/aromatic N) is 2. The fourth-order valence-electron chi connectivity index (χ4n) is 5.59. The molecule has 4 rings (SSSR count). The van der Waals surface area contributed by atoms with Gasteiger partial charge in [0.1, 0.15) is 17.2 Å². The molecule has 1 unspecified atom stereocenters. The fraction of sp³-hybridized carbons (Fsp3) is 0.419. The number of anilines is 1. The first kappa shape index (κ1) is 30.3. The Morgan fingerprint density at radius 2 is 1.88 bits per heavy atom. The molecular formula is C31H38FN3O5S. The van der Waals surface area contributed by atoms with Gasteiger partial charge in [-0.15, -0.1) is 0 Å². The minimum absolute atomic E-state index is 0.0202. The average Bonchev–Trinajstić information content (AvgIpc) is 3.33. The highest BCUT2D eigenvalue weighted by atomic mass is 32.2. The zero-order valence-electron chi connectivity index (χ0n) is 24.1. The van der Waals surface area contributed by atoms with Crippen molar-refractivity contribution in [2.45, 2.75) is 76.3 Å². The zero-order valence-corrected chi connectivity index (χ0v) is 25.0. The number of esters is 1. The van der Waals surface area contributed by atoms with Crippen molar-refractivity contribution in [1.82, 2.24) is 9.55 Å². The summed E-state index contributed by atoms with van der Waals surface area (Å²) in [5.74, 6) is -1.49. The van der Waals surface area contributed by atoms with E-state index in [1.54, 1.807) is 41.9 Å². The van der Waals surface area contributed by atoms with Crippen molar-refractivity contribution < 1.29 is 27.4 Å². The minimum Gasteiger partial charge on any atom is -0.512 e. The number of hydrogen-bond donors (Lipinski definition) is 2. The number of benzene rings is 2. The van der Waals surface area contributed by atoms with Gasteiger partial charge in [-0.05, 0) is 60.1 Å². The number of aryl methyl sites for hydroxylation is 2. The summed E-state index contributed by atoms with van der Waals surface area (Å²) in [4.78, 5) is 17.6. The standard InChI is InChI=1S/C31H38FN3O5S/c1-6-15-31(16-14-21-10-12-23(32)13-11-21)18-25(36)27(29(37)40-31)28(30(2,3)4)22-8-7-9-24(17-22)34-41(38,39)26-19-35(5)20-33-26/h7-13,17,19-20,28,34,36H,6,14-16,18H2,1-5H3/t28-,31?/m0/s1. The van der Waals surface area contributed by atoms with Crippen LogP contribution in [0, 0.1) is 11.2 Å². The van der Waals surface area contributed by atoms with Crippen LogP contribution in [0.15, 0.2) is 77.4 Å². The largest absolute Gasteiger partial charge is 0.512 e. The van der Waals surface area contributed by atoms with Crippen molar-refractivity contribution in [1.29, 1.82) is 0 Å². The topological polar surface area (TPSA) is 111 Å². The summed E-state index contributed by atoms with van der Waals surface area (Å²) < 4.78 is 49.4. The van der Waals surface area contributed by atoms with Crippen molar-refractivity contribution >= 4 is 21.7 Å². The number of aliphatic hydroxyl groups is 1. The molecule has 3 aromatic rings. The van der Waals surface area contributed by atoms with Crippen molar-refractivity contribution in [3.63, 3.8) is 0 Å². The van der Waals surface area contributed by atoms with Gasteiger partial charge in [0.15, 0.2) is 5.03 Å². The van der Waals surface area contributed by atoms with E-state index in [0.29, 0.717) is 30.5 Å². The lowest BCUT2D eigenvalue weighted by Gasteiger charge is -2.41. The quantitative estimate of drug-likeness (QED) is 0.267. The predicted molar refractivity (Wildman–Crippen MR) is 155 cm³/mol. The molecule has 220 valence electrons. The third-order valence-electron chi connectivity index (χ3n) is 7.40. The van der Waals surface area contributed by atoms with E-state index in [2.05, 4.69) is 9.71 Å². The SMILES string of the molecule is CCCC1(CCc2ccc(F)cc2)CC(O)=C([C@H](c2cccc(NS(=O)(=O)c3cn(C)cn3)c2)C(C)(C)C)C(=O)O1. The molecule has 2 N–H and O–H groups in total. The normalized spacial score (nSPS) is 18.7. The lowest BCUT2D eigenvalue weighted by Crippen LogP contribution is -2.43. The summed E-state index contributed by atoms with van der Waals surface area (Å²) in [5.41, 5.74) is 0.661. The summed E-state index contributed by atoms with van der Waals surface area (Å²) in [7, 11) is -2.24. The Kier molecular flexibility index (Phi) is 8.63. The molecule has 41 heavy (non-hydrogen) atoms. The summed E-state index contributed by atoms with van der Waals surface area (Å²) in [6, 6.07) is 13.1. The molecular weight excluding hydrogens is 545 g/mol. The van der Waals surface area contributed by atoms with Gasteiger partial charge in [-0.3, -0.25) is 4.72 Å². The van der Waals surface area contributed by atoms with Crippen LogP contribution >= 0.6 is 0 Å². The van der Waals surface area contributed by atoms with Crippen LogP contribution in [0.25, 0.3) is 0 Å². The molecule has 0 bridgehead atoms. The number of cyclic esters (lactones) is 1. The van der Waals surface area contributed by atoms with E-state index in [1.807, 2.05) is 33.8 Å². The third kappa shape index (κ3) is 6.98. The second-order valence-electron chi connectivity index (χ2n) is 11.9. The summed E-state index contributed by atoms with van der Waals surface area (Å²) in [5, 5.41) is 11.3. The maximum atomic E-state index is 13.7. The van der Waals surface area contributed by atoms with Crippen LogP contribution in [0.4, 0.5) is 10.1 Å². The Balaban J connectivity index is 1.65. The predicted octanol–water partition coefficient (Wildman–Crippen LogP) is 6.42. The van der Waals surface area contributed by atoms with Crippen LogP contribution in [-0.4, -0.2) is 34.6 Å². The maximum Gasteiger partial charge on any atom is 0.338 e. The first-order valence-corrected chi connectivity index (χ1v) is 15.2. The van der Waals surface area contributed by atoms with Gasteiger partial charge in [-0.25, -0.2) is 14.2 Å². The molecule has 8 nitrogen and oxygen atoms in total. The van der Waals surface area contributed by atoms with Crippen molar-refractivity contribution in [2.24, 2.45) is 12.5 Å². The number of ether oxygens (including phenoxy) is 1. The molecule has 0 radical (unpaired) electrons. The molecule has 2 heterocycles. The van der Waals surface area contributed by atoms with Gasteiger partial charge in [0.25, 0.3) is 10.0 Å². The number of aromatic nitrogens is 2. The first-order chi connectivity index (χ1) is 19.2. The van der Waals surface area contributed by atoms with E-state index < -0.39 is 32.9 Å². The number of imidazole rings is 1. The highest BCUT2D eigenvalue weighted by Gasteiger charge is 2.46. The van der Waals surface area contributed by atoms with Gasteiger partial charge in [0.05, 0.1) is 11.9 Å². The summed E-state index contributed by atoms with van der Waals surface area (Å²) in [6.07, 6.45) is 5.36.